The van der Waals surface area contributed by atoms with E-state index in [1.807, 2.05) is 24.3 Å². The minimum Gasteiger partial charge on any atom is -0.487 e. The SMILES string of the molecule is CO/N=C(/C(=O)NC1C(=O)N2C(C(=O)O)=C(C)CS[C@H]12)c1sc(OC)c2ccccc12. The molecule has 1 unspecified atom stereocenters. The molecule has 3 heterocycles. The Morgan fingerprint density at radius 3 is 2.61 bits per heavy atom. The number of benzene rings is 1. The van der Waals surface area contributed by atoms with Gasteiger partial charge in [-0.05, 0) is 18.6 Å². The maximum Gasteiger partial charge on any atom is 0.352 e. The molecule has 0 saturated carbocycles. The first-order valence-corrected chi connectivity index (χ1v) is 11.1. The monoisotopic (exact) mass is 461 g/mol. The number of carbonyl (C=O) groups excluding carboxylic acids is 2. The lowest BCUT2D eigenvalue weighted by molar-refractivity contribution is -0.150. The average molecular weight is 462 g/mol. The number of carboxylic acids is 1. The number of fused-ring (bicyclic) bond motifs is 2. The van der Waals surface area contributed by atoms with Gasteiger partial charge in [-0.15, -0.1) is 11.8 Å². The lowest BCUT2D eigenvalue weighted by Crippen LogP contribution is -2.71. The van der Waals surface area contributed by atoms with E-state index >= 15 is 0 Å². The summed E-state index contributed by atoms with van der Waals surface area (Å²) in [5.74, 6) is -1.74. The highest BCUT2D eigenvalue weighted by Gasteiger charge is 2.54. The number of ether oxygens (including phenoxy) is 1. The molecule has 4 rings (SSSR count). The molecular formula is C20H19N3O6S2. The fraction of sp³-hybridized carbons (Fsp3) is 0.300. The summed E-state index contributed by atoms with van der Waals surface area (Å²) in [6, 6.07) is 6.59. The number of rotatable bonds is 6. The van der Waals surface area contributed by atoms with Gasteiger partial charge in [-0.3, -0.25) is 14.5 Å². The van der Waals surface area contributed by atoms with E-state index in [-0.39, 0.29) is 11.4 Å². The molecule has 2 aliphatic heterocycles. The predicted octanol–water partition coefficient (Wildman–Crippen LogP) is 2.02. The normalized spacial score (nSPS) is 20.9. The van der Waals surface area contributed by atoms with Gasteiger partial charge in [0.05, 0.1) is 12.0 Å². The minimum absolute atomic E-state index is 0.0148. The number of oxime groups is 1. The number of β-lactam (4-membered cyclic amide) rings is 1. The Morgan fingerprint density at radius 2 is 1.97 bits per heavy atom. The first kappa shape index (κ1) is 21.2. The van der Waals surface area contributed by atoms with Crippen molar-refractivity contribution < 1.29 is 29.1 Å². The summed E-state index contributed by atoms with van der Waals surface area (Å²) in [5, 5.41) is 17.8. The Balaban J connectivity index is 1.62. The van der Waals surface area contributed by atoms with Crippen molar-refractivity contribution in [1.29, 1.82) is 0 Å². The third-order valence-corrected chi connectivity index (χ3v) is 7.65. The van der Waals surface area contributed by atoms with Crippen LogP contribution in [0.4, 0.5) is 0 Å². The van der Waals surface area contributed by atoms with Gasteiger partial charge in [-0.2, -0.15) is 0 Å². The Kier molecular flexibility index (Phi) is 5.63. The number of carboxylic acid groups (broad SMARTS) is 1. The molecular weight excluding hydrogens is 442 g/mol. The average Bonchev–Trinajstić information content (AvgIpc) is 3.13. The number of thiophene rings is 1. The van der Waals surface area contributed by atoms with Crippen LogP contribution in [0, 0.1) is 0 Å². The summed E-state index contributed by atoms with van der Waals surface area (Å²) in [6.45, 7) is 1.69. The molecule has 162 valence electrons. The van der Waals surface area contributed by atoms with Crippen LogP contribution in [0.5, 0.6) is 5.06 Å². The number of thioether (sulfide) groups is 1. The van der Waals surface area contributed by atoms with Gasteiger partial charge in [0.1, 0.15) is 24.2 Å². The van der Waals surface area contributed by atoms with Crippen LogP contribution in [0.1, 0.15) is 11.8 Å². The van der Waals surface area contributed by atoms with Crippen LogP contribution >= 0.6 is 23.1 Å². The fourth-order valence-electron chi connectivity index (χ4n) is 3.65. The standard InChI is InChI=1S/C20H19N3O6S2/c1-9-8-30-18-13(17(25)23(18)14(9)19(26)27)21-16(24)12(22-29-3)15-10-6-4-5-7-11(10)20(28-2)31-15/h4-7,13,18H,8H2,1-3H3,(H,21,24)(H,26,27)/b22-12+/t13?,18-/m1/s1. The Bertz CT molecular complexity index is 1150. The van der Waals surface area contributed by atoms with E-state index in [9.17, 15) is 19.5 Å². The van der Waals surface area contributed by atoms with E-state index < -0.39 is 29.2 Å². The highest BCUT2D eigenvalue weighted by Crippen LogP contribution is 2.41. The lowest BCUT2D eigenvalue weighted by atomic mass is 10.0. The quantitative estimate of drug-likeness (QED) is 0.384. The first-order valence-electron chi connectivity index (χ1n) is 9.24. The van der Waals surface area contributed by atoms with Crippen LogP contribution in [0.3, 0.4) is 0 Å². The van der Waals surface area contributed by atoms with Gasteiger partial charge < -0.3 is 20.0 Å². The van der Waals surface area contributed by atoms with Gasteiger partial charge in [0.15, 0.2) is 10.8 Å². The van der Waals surface area contributed by atoms with Gasteiger partial charge >= 0.3 is 5.97 Å². The van der Waals surface area contributed by atoms with Crippen molar-refractivity contribution in [2.45, 2.75) is 18.3 Å². The number of nitrogens with one attached hydrogen (secondary N) is 1. The summed E-state index contributed by atoms with van der Waals surface area (Å²) in [7, 11) is 2.88. The zero-order valence-electron chi connectivity index (χ0n) is 16.9. The minimum atomic E-state index is -1.15. The highest BCUT2D eigenvalue weighted by atomic mass is 32.2. The number of carbonyl (C=O) groups is 3. The van der Waals surface area contributed by atoms with Crippen LogP contribution in [-0.2, 0) is 19.2 Å². The first-order chi connectivity index (χ1) is 14.9. The molecule has 1 aromatic heterocycles. The molecule has 0 bridgehead atoms. The molecule has 2 aliphatic rings. The predicted molar refractivity (Wildman–Crippen MR) is 117 cm³/mol. The summed E-state index contributed by atoms with van der Waals surface area (Å²) >= 11 is 2.66. The summed E-state index contributed by atoms with van der Waals surface area (Å²) in [4.78, 5) is 44.1. The molecule has 0 spiro atoms. The van der Waals surface area contributed by atoms with Crippen molar-refractivity contribution >= 4 is 57.4 Å². The number of hydrogen-bond acceptors (Lipinski definition) is 8. The van der Waals surface area contributed by atoms with Crippen LogP contribution in [-0.4, -0.2) is 64.9 Å². The Labute approximate surface area is 185 Å². The zero-order valence-corrected chi connectivity index (χ0v) is 18.5. The van der Waals surface area contributed by atoms with Crippen molar-refractivity contribution in [2.24, 2.45) is 5.16 Å². The molecule has 11 heteroatoms. The van der Waals surface area contributed by atoms with Gasteiger partial charge in [-0.1, -0.05) is 34.7 Å². The third-order valence-electron chi connectivity index (χ3n) is 5.03. The van der Waals surface area contributed by atoms with Gasteiger partial charge in [0.25, 0.3) is 11.8 Å². The molecule has 9 nitrogen and oxygen atoms in total. The Hall–Kier alpha value is -3.05. The van der Waals surface area contributed by atoms with Gasteiger partial charge in [0.2, 0.25) is 0 Å². The van der Waals surface area contributed by atoms with Gasteiger partial charge in [-0.25, -0.2) is 4.79 Å². The molecule has 2 atom stereocenters. The summed E-state index contributed by atoms with van der Waals surface area (Å²) in [6.07, 6.45) is 0. The largest absolute Gasteiger partial charge is 0.487 e. The van der Waals surface area contributed by atoms with E-state index in [1.54, 1.807) is 14.0 Å². The second kappa shape index (κ2) is 8.23. The molecule has 2 aromatic rings. The van der Waals surface area contributed by atoms with Gasteiger partial charge in [0, 0.05) is 16.5 Å². The lowest BCUT2D eigenvalue weighted by Gasteiger charge is -2.49. The summed E-state index contributed by atoms with van der Waals surface area (Å²) in [5.41, 5.74) is 0.619. The van der Waals surface area contributed by atoms with E-state index in [0.29, 0.717) is 21.3 Å². The van der Waals surface area contributed by atoms with Crippen molar-refractivity contribution in [3.8, 4) is 5.06 Å². The van der Waals surface area contributed by atoms with E-state index in [2.05, 4.69) is 10.5 Å². The molecule has 2 amide bonds. The van der Waals surface area contributed by atoms with Crippen molar-refractivity contribution in [3.05, 3.63) is 40.4 Å². The third kappa shape index (κ3) is 3.43. The van der Waals surface area contributed by atoms with Crippen molar-refractivity contribution in [3.63, 3.8) is 0 Å². The molecule has 0 radical (unpaired) electrons. The van der Waals surface area contributed by atoms with Crippen molar-refractivity contribution in [2.75, 3.05) is 20.0 Å². The molecule has 31 heavy (non-hydrogen) atoms. The number of hydrogen-bond donors (Lipinski definition) is 2. The van der Waals surface area contributed by atoms with Crippen LogP contribution in [0.25, 0.3) is 10.8 Å². The Morgan fingerprint density at radius 1 is 1.26 bits per heavy atom. The maximum atomic E-state index is 13.1. The number of amides is 2. The zero-order chi connectivity index (χ0) is 22.3. The van der Waals surface area contributed by atoms with E-state index in [0.717, 1.165) is 10.8 Å². The molecule has 1 saturated heterocycles. The molecule has 2 N–H and O–H groups in total. The molecule has 0 aliphatic carbocycles. The topological polar surface area (TPSA) is 118 Å². The van der Waals surface area contributed by atoms with Crippen LogP contribution < -0.4 is 10.1 Å². The number of methoxy groups -OCH3 is 1. The van der Waals surface area contributed by atoms with E-state index in [4.69, 9.17) is 9.57 Å². The summed E-state index contributed by atoms with van der Waals surface area (Å²) < 4.78 is 5.43. The van der Waals surface area contributed by atoms with E-state index in [1.165, 1.54) is 35.1 Å². The van der Waals surface area contributed by atoms with Crippen LogP contribution in [0.2, 0.25) is 0 Å². The second-order valence-corrected chi connectivity index (χ2v) is 8.97. The molecule has 1 aromatic carbocycles. The fourth-order valence-corrected chi connectivity index (χ4v) is 6.02. The second-order valence-electron chi connectivity index (χ2n) is 6.89. The van der Waals surface area contributed by atoms with Crippen molar-refractivity contribution in [1.82, 2.24) is 10.2 Å². The molecule has 1 fully saturated rings. The van der Waals surface area contributed by atoms with Crippen LogP contribution in [0.15, 0.2) is 40.7 Å². The smallest absolute Gasteiger partial charge is 0.352 e. The maximum absolute atomic E-state index is 13.1. The number of aliphatic carboxylic acids is 1. The highest BCUT2D eigenvalue weighted by molar-refractivity contribution is 8.00. The number of nitrogens with zero attached hydrogens (tertiary/aromatic N) is 2.